The quantitative estimate of drug-likeness (QED) is 0.475. The Morgan fingerprint density at radius 1 is 1.12 bits per heavy atom. The summed E-state index contributed by atoms with van der Waals surface area (Å²) in [6, 6.07) is 11.0. The van der Waals surface area contributed by atoms with Crippen LogP contribution in [0, 0.1) is 0 Å². The second-order valence-corrected chi connectivity index (χ2v) is 9.49. The molecule has 0 spiro atoms. The van der Waals surface area contributed by atoms with Gasteiger partial charge in [0.1, 0.15) is 0 Å². The smallest absolute Gasteiger partial charge is 0.233 e. The fourth-order valence-electron chi connectivity index (χ4n) is 3.20. The van der Waals surface area contributed by atoms with Gasteiger partial charge in [-0.1, -0.05) is 30.4 Å². The third-order valence-corrected chi connectivity index (χ3v) is 7.11. The standard InChI is InChI=1S/C22H26N2O5S2.H2O/c1-5-31(26)15-8-6-14(7-9-15)16(10-11-27-2)21(25)24-22-23-17-12-18(28-3)19(29-4)13-20(17)30-22;/h6-9,12-13,16H,5,10-11H2,1-4H3,(H,23,24,25);1H2. The lowest BCUT2D eigenvalue weighted by Crippen LogP contribution is -2.22. The van der Waals surface area contributed by atoms with Crippen LogP contribution in [-0.4, -0.2) is 54.3 Å². The monoisotopic (exact) mass is 480 g/mol. The van der Waals surface area contributed by atoms with E-state index in [4.69, 9.17) is 14.2 Å². The summed E-state index contributed by atoms with van der Waals surface area (Å²) in [4.78, 5) is 18.4. The average Bonchev–Trinajstić information content (AvgIpc) is 3.19. The zero-order valence-corrected chi connectivity index (χ0v) is 20.1. The predicted molar refractivity (Wildman–Crippen MR) is 128 cm³/mol. The highest BCUT2D eigenvalue weighted by atomic mass is 32.2. The van der Waals surface area contributed by atoms with Gasteiger partial charge in [0, 0.05) is 36.5 Å². The van der Waals surface area contributed by atoms with Crippen molar-refractivity contribution in [1.82, 2.24) is 4.98 Å². The molecule has 2 atom stereocenters. The Balaban J connectivity index is 0.00000363. The molecule has 10 heteroatoms. The molecule has 174 valence electrons. The van der Waals surface area contributed by atoms with Gasteiger partial charge >= 0.3 is 0 Å². The number of nitrogens with zero attached hydrogens (tertiary/aromatic N) is 1. The fourth-order valence-corrected chi connectivity index (χ4v) is 4.86. The largest absolute Gasteiger partial charge is 0.493 e. The number of benzene rings is 2. The fraction of sp³-hybridized carbons (Fsp3) is 0.364. The summed E-state index contributed by atoms with van der Waals surface area (Å²) in [7, 11) is 3.73. The van der Waals surface area contributed by atoms with Crippen LogP contribution in [0.4, 0.5) is 5.13 Å². The van der Waals surface area contributed by atoms with Crippen molar-refractivity contribution in [2.45, 2.75) is 24.2 Å². The molecule has 0 saturated carbocycles. The first-order valence-corrected chi connectivity index (χ1v) is 11.9. The molecular weight excluding hydrogens is 452 g/mol. The van der Waals surface area contributed by atoms with E-state index in [1.165, 1.54) is 11.3 Å². The lowest BCUT2D eigenvalue weighted by molar-refractivity contribution is -0.118. The number of aromatic nitrogens is 1. The highest BCUT2D eigenvalue weighted by Gasteiger charge is 2.22. The minimum Gasteiger partial charge on any atom is -0.493 e. The van der Waals surface area contributed by atoms with Gasteiger partial charge < -0.3 is 25.0 Å². The molecule has 0 aliphatic rings. The number of methoxy groups -OCH3 is 3. The van der Waals surface area contributed by atoms with Crippen molar-refractivity contribution in [3.05, 3.63) is 42.0 Å². The van der Waals surface area contributed by atoms with E-state index >= 15 is 0 Å². The molecule has 0 saturated heterocycles. The number of ether oxygens (including phenoxy) is 3. The van der Waals surface area contributed by atoms with Gasteiger partial charge in [0.05, 0.1) is 41.2 Å². The van der Waals surface area contributed by atoms with Gasteiger partial charge in [0.15, 0.2) is 16.6 Å². The maximum atomic E-state index is 13.1. The lowest BCUT2D eigenvalue weighted by atomic mass is 9.95. The highest BCUT2D eigenvalue weighted by Crippen LogP contribution is 2.36. The highest BCUT2D eigenvalue weighted by molar-refractivity contribution is 7.85. The summed E-state index contributed by atoms with van der Waals surface area (Å²) in [5.41, 5.74) is 1.56. The molecule has 1 amide bonds. The number of hydrogen-bond acceptors (Lipinski definition) is 7. The molecule has 0 aliphatic heterocycles. The Labute approximate surface area is 193 Å². The second-order valence-electron chi connectivity index (χ2n) is 6.72. The van der Waals surface area contributed by atoms with E-state index in [9.17, 15) is 9.00 Å². The second kappa shape index (κ2) is 11.9. The number of anilines is 1. The molecule has 0 fully saturated rings. The van der Waals surface area contributed by atoms with Crippen molar-refractivity contribution in [2.24, 2.45) is 0 Å². The van der Waals surface area contributed by atoms with Gasteiger partial charge in [0.25, 0.3) is 0 Å². The molecule has 3 aromatic rings. The van der Waals surface area contributed by atoms with E-state index < -0.39 is 16.7 Å². The first-order valence-electron chi connectivity index (χ1n) is 9.81. The molecular formula is C22H28N2O6S2. The SMILES string of the molecule is CCS(=O)c1ccc(C(CCOC)C(=O)Nc2nc3cc(OC)c(OC)cc3s2)cc1.O. The van der Waals surface area contributed by atoms with Crippen molar-refractivity contribution in [1.29, 1.82) is 0 Å². The average molecular weight is 481 g/mol. The lowest BCUT2D eigenvalue weighted by Gasteiger charge is -2.16. The predicted octanol–water partition coefficient (Wildman–Crippen LogP) is 3.38. The molecule has 2 aromatic carbocycles. The Hall–Kier alpha value is -2.53. The van der Waals surface area contributed by atoms with Gasteiger partial charge in [-0.2, -0.15) is 0 Å². The van der Waals surface area contributed by atoms with Crippen molar-refractivity contribution in [2.75, 3.05) is 39.0 Å². The van der Waals surface area contributed by atoms with Crippen LogP contribution in [-0.2, 0) is 20.3 Å². The normalized spacial score (nSPS) is 12.6. The van der Waals surface area contributed by atoms with Crippen molar-refractivity contribution in [3.8, 4) is 11.5 Å². The molecule has 0 radical (unpaired) electrons. The molecule has 0 aliphatic carbocycles. The first-order chi connectivity index (χ1) is 15.0. The van der Waals surface area contributed by atoms with Crippen LogP contribution < -0.4 is 14.8 Å². The number of amides is 1. The molecule has 8 nitrogen and oxygen atoms in total. The molecule has 3 N–H and O–H groups in total. The van der Waals surface area contributed by atoms with E-state index in [1.807, 2.05) is 37.3 Å². The van der Waals surface area contributed by atoms with E-state index in [0.29, 0.717) is 35.4 Å². The van der Waals surface area contributed by atoms with Crippen LogP contribution in [0.3, 0.4) is 0 Å². The maximum absolute atomic E-state index is 13.1. The molecule has 3 rings (SSSR count). The maximum Gasteiger partial charge on any atom is 0.233 e. The zero-order valence-electron chi connectivity index (χ0n) is 18.5. The van der Waals surface area contributed by atoms with Gasteiger partial charge in [-0.05, 0) is 24.1 Å². The summed E-state index contributed by atoms with van der Waals surface area (Å²) < 4.78 is 28.8. The van der Waals surface area contributed by atoms with E-state index in [-0.39, 0.29) is 11.4 Å². The van der Waals surface area contributed by atoms with Crippen LogP contribution in [0.25, 0.3) is 10.2 Å². The first kappa shape index (κ1) is 25.7. The summed E-state index contributed by atoms with van der Waals surface area (Å²) in [5.74, 6) is 1.17. The Morgan fingerprint density at radius 3 is 2.38 bits per heavy atom. The molecule has 2 unspecified atom stereocenters. The van der Waals surface area contributed by atoms with Crippen LogP contribution >= 0.6 is 11.3 Å². The van der Waals surface area contributed by atoms with Crippen LogP contribution in [0.2, 0.25) is 0 Å². The van der Waals surface area contributed by atoms with Crippen molar-refractivity contribution >= 4 is 43.4 Å². The minimum absolute atomic E-state index is 0. The topological polar surface area (TPSA) is 118 Å². The summed E-state index contributed by atoms with van der Waals surface area (Å²) in [5, 5.41) is 3.43. The van der Waals surface area contributed by atoms with Gasteiger partial charge in [0.2, 0.25) is 5.91 Å². The number of fused-ring (bicyclic) bond motifs is 1. The number of carbonyl (C=O) groups is 1. The number of nitrogens with one attached hydrogen (secondary N) is 1. The van der Waals surface area contributed by atoms with Crippen LogP contribution in [0.1, 0.15) is 24.8 Å². The Morgan fingerprint density at radius 2 is 1.78 bits per heavy atom. The van der Waals surface area contributed by atoms with Gasteiger partial charge in [-0.15, -0.1) is 0 Å². The molecule has 32 heavy (non-hydrogen) atoms. The van der Waals surface area contributed by atoms with Crippen LogP contribution in [0.5, 0.6) is 11.5 Å². The van der Waals surface area contributed by atoms with E-state index in [1.54, 1.807) is 27.4 Å². The number of carbonyl (C=O) groups excluding carboxylic acids is 1. The van der Waals surface area contributed by atoms with Crippen LogP contribution in [0.15, 0.2) is 41.3 Å². The van der Waals surface area contributed by atoms with Gasteiger partial charge in [-0.25, -0.2) is 4.98 Å². The Bertz CT molecular complexity index is 1030. The Kier molecular flexibility index (Phi) is 9.58. The molecule has 1 aromatic heterocycles. The van der Waals surface area contributed by atoms with E-state index in [2.05, 4.69) is 10.3 Å². The van der Waals surface area contributed by atoms with Crippen molar-refractivity contribution in [3.63, 3.8) is 0 Å². The third kappa shape index (κ3) is 5.83. The molecule has 0 bridgehead atoms. The summed E-state index contributed by atoms with van der Waals surface area (Å²) in [6.07, 6.45) is 0.519. The number of thiazole rings is 1. The third-order valence-electron chi connectivity index (χ3n) is 4.86. The van der Waals surface area contributed by atoms with Crippen molar-refractivity contribution < 1.29 is 28.7 Å². The summed E-state index contributed by atoms with van der Waals surface area (Å²) >= 11 is 1.37. The minimum atomic E-state index is -1.03. The van der Waals surface area contributed by atoms with Gasteiger partial charge in [-0.3, -0.25) is 9.00 Å². The zero-order chi connectivity index (χ0) is 22.4. The summed E-state index contributed by atoms with van der Waals surface area (Å²) in [6.45, 7) is 2.32. The number of hydrogen-bond donors (Lipinski definition) is 1. The molecule has 1 heterocycles. The van der Waals surface area contributed by atoms with E-state index in [0.717, 1.165) is 20.7 Å². The number of rotatable bonds is 10.